The van der Waals surface area contributed by atoms with Crippen LogP contribution >= 0.6 is 0 Å². The quantitative estimate of drug-likeness (QED) is 0.725. The van der Waals surface area contributed by atoms with E-state index < -0.39 is 0 Å². The second kappa shape index (κ2) is 7.94. The van der Waals surface area contributed by atoms with Crippen molar-refractivity contribution < 1.29 is 0 Å². The van der Waals surface area contributed by atoms with E-state index in [0.717, 1.165) is 48.3 Å². The number of pyridine rings is 1. The summed E-state index contributed by atoms with van der Waals surface area (Å²) in [7, 11) is 0. The number of nitrogen functional groups attached to an aromatic ring is 1. The van der Waals surface area contributed by atoms with E-state index in [1.807, 2.05) is 6.21 Å². The Morgan fingerprint density at radius 2 is 2.36 bits per heavy atom. The molecule has 2 rings (SSSR count). The van der Waals surface area contributed by atoms with Crippen LogP contribution in [0.5, 0.6) is 0 Å². The molecule has 0 aliphatic carbocycles. The van der Waals surface area contributed by atoms with Crippen LogP contribution in [0.25, 0.3) is 5.57 Å². The zero-order chi connectivity index (χ0) is 15.9. The van der Waals surface area contributed by atoms with Crippen LogP contribution in [0.3, 0.4) is 0 Å². The summed E-state index contributed by atoms with van der Waals surface area (Å²) in [5.41, 5.74) is 15.9. The number of allylic oxidation sites excluding steroid dienone is 1. The van der Waals surface area contributed by atoms with Crippen molar-refractivity contribution in [3.8, 4) is 0 Å². The van der Waals surface area contributed by atoms with Gasteiger partial charge in [0.05, 0.1) is 0 Å². The fourth-order valence-electron chi connectivity index (χ4n) is 2.98. The Bertz CT molecular complexity index is 556. The molecule has 0 radical (unpaired) electrons. The molecule has 1 saturated heterocycles. The van der Waals surface area contributed by atoms with Crippen molar-refractivity contribution >= 4 is 17.6 Å². The van der Waals surface area contributed by atoms with E-state index in [0.29, 0.717) is 11.7 Å². The molecule has 1 aliphatic heterocycles. The Morgan fingerprint density at radius 3 is 3.00 bits per heavy atom. The summed E-state index contributed by atoms with van der Waals surface area (Å²) in [4.78, 5) is 8.88. The van der Waals surface area contributed by atoms with Gasteiger partial charge in [-0.3, -0.25) is 4.99 Å². The Balaban J connectivity index is 2.11. The molecule has 22 heavy (non-hydrogen) atoms. The van der Waals surface area contributed by atoms with Crippen molar-refractivity contribution in [2.24, 2.45) is 16.6 Å². The maximum Gasteiger partial charge on any atom is 0.126 e. The highest BCUT2D eigenvalue weighted by Crippen LogP contribution is 2.23. The van der Waals surface area contributed by atoms with Crippen LogP contribution in [-0.4, -0.2) is 30.8 Å². The number of anilines is 1. The molecule has 1 aliphatic rings. The van der Waals surface area contributed by atoms with Gasteiger partial charge in [0, 0.05) is 36.3 Å². The highest BCUT2D eigenvalue weighted by Gasteiger charge is 2.13. The van der Waals surface area contributed by atoms with Gasteiger partial charge in [0.15, 0.2) is 0 Å². The summed E-state index contributed by atoms with van der Waals surface area (Å²) >= 11 is 0. The minimum Gasteiger partial charge on any atom is -0.404 e. The summed E-state index contributed by atoms with van der Waals surface area (Å²) in [6.45, 7) is 7.17. The summed E-state index contributed by atoms with van der Waals surface area (Å²) < 4.78 is 0. The Kier molecular flexibility index (Phi) is 5.95. The third-order valence-electron chi connectivity index (χ3n) is 4.34. The summed E-state index contributed by atoms with van der Waals surface area (Å²) in [6, 6.07) is 0. The number of hydrogen-bond acceptors (Lipinski definition) is 5. The maximum absolute atomic E-state index is 5.94. The molecular weight excluding hydrogens is 274 g/mol. The standard InChI is InChI=1S/C17H27N5/c1-3-15-12(2)16(11-22-17(15)19)14(7-18)10-21-9-13-5-4-6-20-8-13/h7,10-11,13,20H,3-6,8-9,18H2,1-2H3,(H2,19,22). The summed E-state index contributed by atoms with van der Waals surface area (Å²) in [5, 5.41) is 3.41. The lowest BCUT2D eigenvalue weighted by atomic mass is 9.98. The van der Waals surface area contributed by atoms with Gasteiger partial charge in [0.25, 0.3) is 0 Å². The lowest BCUT2D eigenvalue weighted by Crippen LogP contribution is -2.31. The van der Waals surface area contributed by atoms with Gasteiger partial charge in [-0.15, -0.1) is 0 Å². The van der Waals surface area contributed by atoms with E-state index >= 15 is 0 Å². The number of aliphatic imine (C=N–C) groups is 1. The zero-order valence-electron chi connectivity index (χ0n) is 13.6. The zero-order valence-corrected chi connectivity index (χ0v) is 13.6. The Labute approximate surface area is 132 Å². The number of piperidine rings is 1. The van der Waals surface area contributed by atoms with Crippen LogP contribution in [0.15, 0.2) is 17.4 Å². The largest absolute Gasteiger partial charge is 0.404 e. The molecule has 0 aromatic carbocycles. The first kappa shape index (κ1) is 16.5. The first-order chi connectivity index (χ1) is 10.7. The monoisotopic (exact) mass is 301 g/mol. The first-order valence-corrected chi connectivity index (χ1v) is 8.04. The third-order valence-corrected chi connectivity index (χ3v) is 4.34. The number of nitrogens with two attached hydrogens (primary N) is 2. The summed E-state index contributed by atoms with van der Waals surface area (Å²) in [5.74, 6) is 1.23. The molecule has 1 atom stereocenters. The summed E-state index contributed by atoms with van der Waals surface area (Å²) in [6.07, 6.45) is 8.60. The molecule has 5 heteroatoms. The van der Waals surface area contributed by atoms with Crippen LogP contribution in [-0.2, 0) is 6.42 Å². The van der Waals surface area contributed by atoms with Crippen molar-refractivity contribution in [2.45, 2.75) is 33.1 Å². The van der Waals surface area contributed by atoms with E-state index in [-0.39, 0.29) is 0 Å². The van der Waals surface area contributed by atoms with E-state index in [9.17, 15) is 0 Å². The van der Waals surface area contributed by atoms with Crippen LogP contribution in [0, 0.1) is 12.8 Å². The van der Waals surface area contributed by atoms with E-state index in [1.165, 1.54) is 12.8 Å². The fraction of sp³-hybridized carbons (Fsp3) is 0.529. The molecule has 0 bridgehead atoms. The third kappa shape index (κ3) is 3.85. The second-order valence-electron chi connectivity index (χ2n) is 5.84. The molecule has 1 unspecified atom stereocenters. The van der Waals surface area contributed by atoms with Crippen LogP contribution in [0.2, 0.25) is 0 Å². The maximum atomic E-state index is 5.94. The van der Waals surface area contributed by atoms with Crippen molar-refractivity contribution in [2.75, 3.05) is 25.4 Å². The van der Waals surface area contributed by atoms with E-state index in [1.54, 1.807) is 12.4 Å². The predicted octanol–water partition coefficient (Wildman–Crippen LogP) is 1.90. The SMILES string of the molecule is CCc1c(N)ncc(C(C=NCC2CCCNC2)=CN)c1C. The molecule has 1 aromatic heterocycles. The van der Waals surface area contributed by atoms with Gasteiger partial charge in [-0.2, -0.15) is 0 Å². The molecule has 120 valence electrons. The molecule has 2 heterocycles. The highest BCUT2D eigenvalue weighted by atomic mass is 14.9. The van der Waals surface area contributed by atoms with Gasteiger partial charge in [-0.25, -0.2) is 4.98 Å². The molecule has 0 saturated carbocycles. The molecule has 5 N–H and O–H groups in total. The lowest BCUT2D eigenvalue weighted by Gasteiger charge is -2.20. The number of hydrogen-bond donors (Lipinski definition) is 3. The average molecular weight is 301 g/mol. The molecule has 1 aromatic rings. The minimum absolute atomic E-state index is 0.602. The molecule has 5 nitrogen and oxygen atoms in total. The minimum atomic E-state index is 0.602. The Morgan fingerprint density at radius 1 is 1.55 bits per heavy atom. The fourth-order valence-corrected chi connectivity index (χ4v) is 2.98. The molecular formula is C17H27N5. The van der Waals surface area contributed by atoms with Crippen molar-refractivity contribution in [3.05, 3.63) is 29.1 Å². The number of rotatable bonds is 5. The van der Waals surface area contributed by atoms with Gasteiger partial charge >= 0.3 is 0 Å². The van der Waals surface area contributed by atoms with Crippen molar-refractivity contribution in [3.63, 3.8) is 0 Å². The van der Waals surface area contributed by atoms with Gasteiger partial charge in [-0.05, 0) is 56.3 Å². The van der Waals surface area contributed by atoms with E-state index in [2.05, 4.69) is 29.1 Å². The molecule has 1 fully saturated rings. The first-order valence-electron chi connectivity index (χ1n) is 8.04. The van der Waals surface area contributed by atoms with Gasteiger partial charge in [0.2, 0.25) is 0 Å². The topological polar surface area (TPSA) is 89.3 Å². The van der Waals surface area contributed by atoms with Crippen LogP contribution in [0.4, 0.5) is 5.82 Å². The van der Waals surface area contributed by atoms with Gasteiger partial charge in [0.1, 0.15) is 5.82 Å². The van der Waals surface area contributed by atoms with Crippen molar-refractivity contribution in [1.82, 2.24) is 10.3 Å². The van der Waals surface area contributed by atoms with Gasteiger partial charge < -0.3 is 16.8 Å². The second-order valence-corrected chi connectivity index (χ2v) is 5.84. The lowest BCUT2D eigenvalue weighted by molar-refractivity contribution is 0.386. The number of aromatic nitrogens is 1. The van der Waals surface area contributed by atoms with Crippen molar-refractivity contribution in [1.29, 1.82) is 0 Å². The predicted molar refractivity (Wildman–Crippen MR) is 93.9 cm³/mol. The Hall–Kier alpha value is -1.88. The number of nitrogens with zero attached hydrogens (tertiary/aromatic N) is 2. The van der Waals surface area contributed by atoms with Crippen LogP contribution < -0.4 is 16.8 Å². The van der Waals surface area contributed by atoms with Crippen LogP contribution in [0.1, 0.15) is 36.5 Å². The highest BCUT2D eigenvalue weighted by molar-refractivity contribution is 6.10. The normalized spacial score (nSPS) is 19.7. The number of nitrogens with one attached hydrogen (secondary N) is 1. The van der Waals surface area contributed by atoms with E-state index in [4.69, 9.17) is 11.5 Å². The smallest absolute Gasteiger partial charge is 0.126 e. The molecule has 0 spiro atoms. The molecule has 0 amide bonds. The van der Waals surface area contributed by atoms with Gasteiger partial charge in [-0.1, -0.05) is 6.92 Å². The average Bonchev–Trinajstić information content (AvgIpc) is 2.54.